The van der Waals surface area contributed by atoms with Crippen LogP contribution in [0.1, 0.15) is 44.9 Å². The maximum Gasteiger partial charge on any atom is 0.237 e. The Morgan fingerprint density at radius 2 is 1.75 bits per heavy atom. The molecule has 0 aromatic carbocycles. The second-order valence-corrected chi connectivity index (χ2v) is 5.71. The minimum Gasteiger partial charge on any atom is -0.351 e. The van der Waals surface area contributed by atoms with Gasteiger partial charge in [0.25, 0.3) is 0 Å². The molecule has 0 unspecified atom stereocenters. The van der Waals surface area contributed by atoms with Crippen molar-refractivity contribution in [2.45, 2.75) is 57.0 Å². The first-order valence-corrected chi connectivity index (χ1v) is 6.88. The SMILES string of the molecule is O=C(NC(C1CC1)C1CC1)[C@H]1CCCCN1. The zero-order valence-corrected chi connectivity index (χ0v) is 9.87. The highest BCUT2D eigenvalue weighted by Crippen LogP contribution is 2.44. The third kappa shape index (κ3) is 2.40. The van der Waals surface area contributed by atoms with Gasteiger partial charge < -0.3 is 10.6 Å². The van der Waals surface area contributed by atoms with Crippen molar-refractivity contribution < 1.29 is 4.79 Å². The largest absolute Gasteiger partial charge is 0.351 e. The molecular formula is C13H22N2O. The molecule has 1 heterocycles. The van der Waals surface area contributed by atoms with Gasteiger partial charge in [0.15, 0.2) is 0 Å². The summed E-state index contributed by atoms with van der Waals surface area (Å²) in [6.07, 6.45) is 8.77. The monoisotopic (exact) mass is 222 g/mol. The van der Waals surface area contributed by atoms with Gasteiger partial charge in [-0.25, -0.2) is 0 Å². The zero-order valence-electron chi connectivity index (χ0n) is 9.87. The quantitative estimate of drug-likeness (QED) is 0.755. The molecule has 3 fully saturated rings. The predicted octanol–water partition coefficient (Wildman–Crippen LogP) is 1.43. The molecule has 3 aliphatic rings. The van der Waals surface area contributed by atoms with Gasteiger partial charge in [-0.3, -0.25) is 4.79 Å². The molecule has 3 nitrogen and oxygen atoms in total. The van der Waals surface area contributed by atoms with E-state index < -0.39 is 0 Å². The summed E-state index contributed by atoms with van der Waals surface area (Å²) in [7, 11) is 0. The summed E-state index contributed by atoms with van der Waals surface area (Å²) in [4.78, 5) is 12.1. The first-order chi connectivity index (χ1) is 7.84. The molecule has 2 saturated carbocycles. The summed E-state index contributed by atoms with van der Waals surface area (Å²) in [5, 5.41) is 6.64. The van der Waals surface area contributed by atoms with Crippen LogP contribution in [0.15, 0.2) is 0 Å². The number of carbonyl (C=O) groups is 1. The molecular weight excluding hydrogens is 200 g/mol. The summed E-state index contributed by atoms with van der Waals surface area (Å²) in [6.45, 7) is 1.01. The molecule has 0 spiro atoms. The van der Waals surface area contributed by atoms with Crippen molar-refractivity contribution in [1.29, 1.82) is 0 Å². The van der Waals surface area contributed by atoms with Crippen LogP contribution < -0.4 is 10.6 Å². The van der Waals surface area contributed by atoms with Crippen molar-refractivity contribution in [3.05, 3.63) is 0 Å². The van der Waals surface area contributed by atoms with E-state index >= 15 is 0 Å². The van der Waals surface area contributed by atoms with Crippen molar-refractivity contribution in [2.75, 3.05) is 6.54 Å². The Morgan fingerprint density at radius 1 is 1.06 bits per heavy atom. The number of amides is 1. The highest BCUT2D eigenvalue weighted by atomic mass is 16.2. The first kappa shape index (κ1) is 10.6. The van der Waals surface area contributed by atoms with Gasteiger partial charge in [-0.1, -0.05) is 6.42 Å². The highest BCUT2D eigenvalue weighted by Gasteiger charge is 2.42. The molecule has 1 atom stereocenters. The van der Waals surface area contributed by atoms with Crippen LogP contribution in [0.2, 0.25) is 0 Å². The van der Waals surface area contributed by atoms with E-state index in [-0.39, 0.29) is 11.9 Å². The van der Waals surface area contributed by atoms with Crippen molar-refractivity contribution in [2.24, 2.45) is 11.8 Å². The van der Waals surface area contributed by atoms with E-state index in [0.29, 0.717) is 6.04 Å². The molecule has 3 heteroatoms. The van der Waals surface area contributed by atoms with Crippen molar-refractivity contribution in [1.82, 2.24) is 10.6 Å². The highest BCUT2D eigenvalue weighted by molar-refractivity contribution is 5.82. The molecule has 2 N–H and O–H groups in total. The van der Waals surface area contributed by atoms with Crippen LogP contribution >= 0.6 is 0 Å². The fourth-order valence-corrected chi connectivity index (χ4v) is 2.87. The van der Waals surface area contributed by atoms with Crippen molar-refractivity contribution in [3.8, 4) is 0 Å². The maximum atomic E-state index is 12.1. The summed E-state index contributed by atoms with van der Waals surface area (Å²) in [5.74, 6) is 1.88. The second kappa shape index (κ2) is 4.36. The third-order valence-corrected chi connectivity index (χ3v) is 4.20. The summed E-state index contributed by atoms with van der Waals surface area (Å²) >= 11 is 0. The van der Waals surface area contributed by atoms with Crippen LogP contribution in [0.5, 0.6) is 0 Å². The van der Waals surface area contributed by atoms with Gasteiger partial charge >= 0.3 is 0 Å². The van der Waals surface area contributed by atoms with Crippen LogP contribution in [0.25, 0.3) is 0 Å². The number of rotatable bonds is 4. The van der Waals surface area contributed by atoms with E-state index in [4.69, 9.17) is 0 Å². The molecule has 0 aromatic heterocycles. The fourth-order valence-electron chi connectivity index (χ4n) is 2.87. The van der Waals surface area contributed by atoms with E-state index in [9.17, 15) is 4.79 Å². The minimum atomic E-state index is 0.0914. The minimum absolute atomic E-state index is 0.0914. The Bertz CT molecular complexity index is 253. The lowest BCUT2D eigenvalue weighted by Gasteiger charge is -2.26. The van der Waals surface area contributed by atoms with Crippen molar-refractivity contribution in [3.63, 3.8) is 0 Å². The third-order valence-electron chi connectivity index (χ3n) is 4.20. The van der Waals surface area contributed by atoms with Gasteiger partial charge in [-0.05, 0) is 56.9 Å². The van der Waals surface area contributed by atoms with Gasteiger partial charge in [0, 0.05) is 6.04 Å². The Kier molecular flexibility index (Phi) is 2.88. The van der Waals surface area contributed by atoms with Gasteiger partial charge in [-0.2, -0.15) is 0 Å². The van der Waals surface area contributed by atoms with Gasteiger partial charge in [0.05, 0.1) is 6.04 Å². The number of nitrogens with one attached hydrogen (secondary N) is 2. The lowest BCUT2D eigenvalue weighted by atomic mass is 10.0. The Morgan fingerprint density at radius 3 is 2.25 bits per heavy atom. The van der Waals surface area contributed by atoms with Crippen LogP contribution in [-0.4, -0.2) is 24.5 Å². The Hall–Kier alpha value is -0.570. The Labute approximate surface area is 97.4 Å². The van der Waals surface area contributed by atoms with E-state index in [1.54, 1.807) is 0 Å². The van der Waals surface area contributed by atoms with Crippen LogP contribution in [-0.2, 0) is 4.79 Å². The van der Waals surface area contributed by atoms with E-state index in [1.165, 1.54) is 38.5 Å². The van der Waals surface area contributed by atoms with Crippen LogP contribution in [0.3, 0.4) is 0 Å². The van der Waals surface area contributed by atoms with Crippen molar-refractivity contribution >= 4 is 5.91 Å². The topological polar surface area (TPSA) is 41.1 Å². The average molecular weight is 222 g/mol. The molecule has 90 valence electrons. The fraction of sp³-hybridized carbons (Fsp3) is 0.923. The summed E-state index contributed by atoms with van der Waals surface area (Å²) in [5.41, 5.74) is 0. The maximum absolute atomic E-state index is 12.1. The predicted molar refractivity (Wildman–Crippen MR) is 63.0 cm³/mol. The van der Waals surface area contributed by atoms with E-state index in [2.05, 4.69) is 10.6 Å². The number of piperidine rings is 1. The molecule has 2 aliphatic carbocycles. The van der Waals surface area contributed by atoms with E-state index in [1.807, 2.05) is 0 Å². The lowest BCUT2D eigenvalue weighted by molar-refractivity contribution is -0.124. The zero-order chi connectivity index (χ0) is 11.0. The summed E-state index contributed by atoms with van der Waals surface area (Å²) < 4.78 is 0. The molecule has 3 rings (SSSR count). The van der Waals surface area contributed by atoms with Gasteiger partial charge in [0.1, 0.15) is 0 Å². The van der Waals surface area contributed by atoms with Crippen LogP contribution in [0.4, 0.5) is 0 Å². The molecule has 1 saturated heterocycles. The molecule has 16 heavy (non-hydrogen) atoms. The smallest absolute Gasteiger partial charge is 0.237 e. The molecule has 0 aromatic rings. The molecule has 1 aliphatic heterocycles. The molecule has 0 bridgehead atoms. The standard InChI is InChI=1S/C13H22N2O/c16-13(11-3-1-2-8-14-11)15-12(9-4-5-9)10-6-7-10/h9-12,14H,1-8H2,(H,15,16)/t11-/m1/s1. The second-order valence-electron chi connectivity index (χ2n) is 5.71. The molecule has 0 radical (unpaired) electrons. The molecule has 1 amide bonds. The van der Waals surface area contributed by atoms with Gasteiger partial charge in [-0.15, -0.1) is 0 Å². The normalized spacial score (nSPS) is 30.4. The lowest BCUT2D eigenvalue weighted by Crippen LogP contribution is -2.50. The number of hydrogen-bond acceptors (Lipinski definition) is 2. The summed E-state index contributed by atoms with van der Waals surface area (Å²) in [6, 6.07) is 0.602. The van der Waals surface area contributed by atoms with Gasteiger partial charge in [0.2, 0.25) is 5.91 Å². The van der Waals surface area contributed by atoms with E-state index in [0.717, 1.165) is 24.8 Å². The first-order valence-electron chi connectivity index (χ1n) is 6.88. The number of hydrogen-bond donors (Lipinski definition) is 2. The van der Waals surface area contributed by atoms with Crippen LogP contribution in [0, 0.1) is 11.8 Å². The number of carbonyl (C=O) groups excluding carboxylic acids is 1. The average Bonchev–Trinajstić information content (AvgIpc) is 3.19. The Balaban J connectivity index is 1.53.